The summed E-state index contributed by atoms with van der Waals surface area (Å²) < 4.78 is 32.2. The maximum absolute atomic E-state index is 13.4. The summed E-state index contributed by atoms with van der Waals surface area (Å²) in [6.45, 7) is 0.123. The molecule has 0 unspecified atom stereocenters. The average molecular weight is 314 g/mol. The van der Waals surface area contributed by atoms with Gasteiger partial charge in [-0.3, -0.25) is 0 Å². The number of hydrogen-bond donors (Lipinski definition) is 1. The van der Waals surface area contributed by atoms with Crippen molar-refractivity contribution in [2.75, 3.05) is 5.73 Å². The molecule has 94 valence electrons. The molecule has 2 rings (SSSR count). The highest BCUT2D eigenvalue weighted by atomic mass is 79.9. The highest BCUT2D eigenvalue weighted by Crippen LogP contribution is 2.26. The Kier molecular flexibility index (Phi) is 3.81. The standard InChI is InChI=1S/C13H10BrF2NO/c14-9-5-11(15)13(16)12(6-9)18-7-8-2-1-3-10(17)4-8/h1-6H,7,17H2. The molecule has 0 aromatic heterocycles. The van der Waals surface area contributed by atoms with Crippen LogP contribution >= 0.6 is 15.9 Å². The first-order chi connectivity index (χ1) is 8.56. The van der Waals surface area contributed by atoms with Crippen LogP contribution < -0.4 is 10.5 Å². The first-order valence-corrected chi connectivity index (χ1v) is 5.97. The summed E-state index contributed by atoms with van der Waals surface area (Å²) in [6.07, 6.45) is 0. The molecule has 0 fully saturated rings. The fourth-order valence-electron chi connectivity index (χ4n) is 1.48. The van der Waals surface area contributed by atoms with Gasteiger partial charge in [0.2, 0.25) is 5.82 Å². The molecule has 0 radical (unpaired) electrons. The van der Waals surface area contributed by atoms with Crippen LogP contribution in [-0.2, 0) is 6.61 Å². The zero-order valence-electron chi connectivity index (χ0n) is 9.29. The smallest absolute Gasteiger partial charge is 0.200 e. The van der Waals surface area contributed by atoms with Crippen LogP contribution in [0.15, 0.2) is 40.9 Å². The van der Waals surface area contributed by atoms with Crippen molar-refractivity contribution in [3.05, 3.63) is 58.1 Å². The third-order valence-electron chi connectivity index (χ3n) is 2.30. The van der Waals surface area contributed by atoms with Crippen molar-refractivity contribution in [2.45, 2.75) is 6.61 Å². The van der Waals surface area contributed by atoms with E-state index in [1.807, 2.05) is 0 Å². The first-order valence-electron chi connectivity index (χ1n) is 5.18. The second-order valence-electron chi connectivity index (χ2n) is 3.73. The Bertz CT molecular complexity index is 575. The number of ether oxygens (including phenoxy) is 1. The third kappa shape index (κ3) is 2.98. The number of rotatable bonds is 3. The van der Waals surface area contributed by atoms with Gasteiger partial charge in [-0.05, 0) is 29.8 Å². The van der Waals surface area contributed by atoms with Gasteiger partial charge in [0.15, 0.2) is 11.6 Å². The number of anilines is 1. The molecule has 0 aliphatic rings. The number of nitrogens with two attached hydrogens (primary N) is 1. The maximum atomic E-state index is 13.4. The number of halogens is 3. The van der Waals surface area contributed by atoms with Gasteiger partial charge >= 0.3 is 0 Å². The molecule has 5 heteroatoms. The predicted octanol–water partition coefficient (Wildman–Crippen LogP) is 3.89. The highest BCUT2D eigenvalue weighted by molar-refractivity contribution is 9.10. The van der Waals surface area contributed by atoms with E-state index in [1.165, 1.54) is 6.07 Å². The lowest BCUT2D eigenvalue weighted by Crippen LogP contribution is -1.99. The minimum atomic E-state index is -0.998. The summed E-state index contributed by atoms with van der Waals surface area (Å²) >= 11 is 3.08. The van der Waals surface area contributed by atoms with Gasteiger partial charge in [-0.1, -0.05) is 28.1 Å². The van der Waals surface area contributed by atoms with Gasteiger partial charge in [0.05, 0.1) is 0 Å². The molecular formula is C13H10BrF2NO. The van der Waals surface area contributed by atoms with Crippen LogP contribution in [0.1, 0.15) is 5.56 Å². The Labute approximate surface area is 112 Å². The molecule has 18 heavy (non-hydrogen) atoms. The SMILES string of the molecule is Nc1cccc(COc2cc(Br)cc(F)c2F)c1. The summed E-state index contributed by atoms with van der Waals surface area (Å²) in [5.74, 6) is -2.08. The quantitative estimate of drug-likeness (QED) is 0.689. The lowest BCUT2D eigenvalue weighted by atomic mass is 10.2. The van der Waals surface area contributed by atoms with Gasteiger partial charge in [-0.25, -0.2) is 4.39 Å². The molecule has 2 nitrogen and oxygen atoms in total. The second-order valence-corrected chi connectivity index (χ2v) is 4.65. The molecule has 0 bridgehead atoms. The third-order valence-corrected chi connectivity index (χ3v) is 2.76. The van der Waals surface area contributed by atoms with E-state index >= 15 is 0 Å². The summed E-state index contributed by atoms with van der Waals surface area (Å²) in [5.41, 5.74) is 6.99. The molecule has 0 heterocycles. The van der Waals surface area contributed by atoms with Crippen molar-refractivity contribution >= 4 is 21.6 Å². The highest BCUT2D eigenvalue weighted by Gasteiger charge is 2.11. The fraction of sp³-hybridized carbons (Fsp3) is 0.0769. The van der Waals surface area contributed by atoms with Crippen LogP contribution in [0.2, 0.25) is 0 Å². The molecule has 0 saturated carbocycles. The predicted molar refractivity (Wildman–Crippen MR) is 69.2 cm³/mol. The average Bonchev–Trinajstić information content (AvgIpc) is 2.32. The molecule has 0 atom stereocenters. The molecule has 2 N–H and O–H groups in total. The Balaban J connectivity index is 2.15. The molecule has 0 aliphatic carbocycles. The van der Waals surface area contributed by atoms with Crippen molar-refractivity contribution in [2.24, 2.45) is 0 Å². The summed E-state index contributed by atoms with van der Waals surface area (Å²) in [5, 5.41) is 0. The number of hydrogen-bond acceptors (Lipinski definition) is 2. The van der Waals surface area contributed by atoms with E-state index in [0.717, 1.165) is 11.6 Å². The van der Waals surface area contributed by atoms with Crippen LogP contribution in [0.5, 0.6) is 5.75 Å². The summed E-state index contributed by atoms with van der Waals surface area (Å²) in [4.78, 5) is 0. The summed E-state index contributed by atoms with van der Waals surface area (Å²) in [7, 11) is 0. The zero-order chi connectivity index (χ0) is 13.1. The largest absolute Gasteiger partial charge is 0.486 e. The van der Waals surface area contributed by atoms with Gasteiger partial charge in [-0.2, -0.15) is 4.39 Å². The van der Waals surface area contributed by atoms with Crippen LogP contribution in [0, 0.1) is 11.6 Å². The Morgan fingerprint density at radius 3 is 2.67 bits per heavy atom. The number of benzene rings is 2. The summed E-state index contributed by atoms with van der Waals surface area (Å²) in [6, 6.07) is 9.44. The van der Waals surface area contributed by atoms with Crippen LogP contribution in [0.3, 0.4) is 0 Å². The molecule has 0 spiro atoms. The number of nitrogen functional groups attached to an aromatic ring is 1. The lowest BCUT2D eigenvalue weighted by Gasteiger charge is -2.08. The molecular weight excluding hydrogens is 304 g/mol. The second kappa shape index (κ2) is 5.35. The van der Waals surface area contributed by atoms with E-state index in [2.05, 4.69) is 15.9 Å². The van der Waals surface area contributed by atoms with E-state index in [0.29, 0.717) is 10.2 Å². The van der Waals surface area contributed by atoms with E-state index in [-0.39, 0.29) is 12.4 Å². The van der Waals surface area contributed by atoms with Crippen molar-refractivity contribution in [1.82, 2.24) is 0 Å². The molecule has 2 aromatic carbocycles. The monoisotopic (exact) mass is 313 g/mol. The van der Waals surface area contributed by atoms with Gasteiger partial charge in [0, 0.05) is 10.2 Å². The van der Waals surface area contributed by atoms with Gasteiger partial charge in [0.1, 0.15) is 6.61 Å². The molecule has 0 amide bonds. The molecule has 0 saturated heterocycles. The fourth-order valence-corrected chi connectivity index (χ4v) is 1.89. The minimum Gasteiger partial charge on any atom is -0.486 e. The normalized spacial score (nSPS) is 10.4. The van der Waals surface area contributed by atoms with Crippen LogP contribution in [0.25, 0.3) is 0 Å². The Hall–Kier alpha value is -1.62. The maximum Gasteiger partial charge on any atom is 0.200 e. The minimum absolute atomic E-state index is 0.123. The Morgan fingerprint density at radius 2 is 1.94 bits per heavy atom. The van der Waals surface area contributed by atoms with E-state index in [4.69, 9.17) is 10.5 Å². The first kappa shape index (κ1) is 12.8. The topological polar surface area (TPSA) is 35.2 Å². The lowest BCUT2D eigenvalue weighted by molar-refractivity contribution is 0.284. The van der Waals surface area contributed by atoms with Crippen molar-refractivity contribution < 1.29 is 13.5 Å². The van der Waals surface area contributed by atoms with Crippen LogP contribution in [0.4, 0.5) is 14.5 Å². The van der Waals surface area contributed by atoms with Gasteiger partial charge in [-0.15, -0.1) is 0 Å². The van der Waals surface area contributed by atoms with Crippen molar-refractivity contribution in [3.63, 3.8) is 0 Å². The van der Waals surface area contributed by atoms with E-state index in [9.17, 15) is 8.78 Å². The molecule has 2 aromatic rings. The zero-order valence-corrected chi connectivity index (χ0v) is 10.9. The molecule has 0 aliphatic heterocycles. The Morgan fingerprint density at radius 1 is 1.17 bits per heavy atom. The van der Waals surface area contributed by atoms with Gasteiger partial charge < -0.3 is 10.5 Å². The van der Waals surface area contributed by atoms with Crippen molar-refractivity contribution in [3.8, 4) is 5.75 Å². The van der Waals surface area contributed by atoms with E-state index in [1.54, 1.807) is 24.3 Å². The van der Waals surface area contributed by atoms with Gasteiger partial charge in [0.25, 0.3) is 0 Å². The van der Waals surface area contributed by atoms with Crippen molar-refractivity contribution in [1.29, 1.82) is 0 Å². The van der Waals surface area contributed by atoms with Crippen LogP contribution in [-0.4, -0.2) is 0 Å². The van der Waals surface area contributed by atoms with E-state index < -0.39 is 11.6 Å².